The summed E-state index contributed by atoms with van der Waals surface area (Å²) in [5, 5.41) is 2.88. The molecule has 1 N–H and O–H groups in total. The second-order valence-electron chi connectivity index (χ2n) is 5.97. The number of anilines is 1. The SMILES string of the molecule is O=C(Nc1cnc(-c2ccccc2)nc1)C1COc2ccccc2C1. The maximum absolute atomic E-state index is 12.5. The Morgan fingerprint density at radius 1 is 1.00 bits per heavy atom. The quantitative estimate of drug-likeness (QED) is 0.799. The Hall–Kier alpha value is -3.21. The van der Waals surface area contributed by atoms with Gasteiger partial charge in [-0.05, 0) is 18.1 Å². The van der Waals surface area contributed by atoms with Crippen molar-refractivity contribution in [2.45, 2.75) is 6.42 Å². The van der Waals surface area contributed by atoms with Gasteiger partial charge in [-0.1, -0.05) is 48.5 Å². The summed E-state index contributed by atoms with van der Waals surface area (Å²) < 4.78 is 5.68. The molecule has 0 radical (unpaired) electrons. The Labute approximate surface area is 145 Å². The molecule has 0 spiro atoms. The molecule has 0 fully saturated rings. The fourth-order valence-electron chi connectivity index (χ4n) is 2.87. The first-order chi connectivity index (χ1) is 12.3. The smallest absolute Gasteiger partial charge is 0.231 e. The summed E-state index contributed by atoms with van der Waals surface area (Å²) in [5.74, 6) is 1.20. The Morgan fingerprint density at radius 3 is 2.52 bits per heavy atom. The number of aromatic nitrogens is 2. The van der Waals surface area contributed by atoms with Gasteiger partial charge in [0.1, 0.15) is 12.4 Å². The molecule has 3 aromatic rings. The number of carbonyl (C=O) groups is 1. The zero-order valence-corrected chi connectivity index (χ0v) is 13.6. The van der Waals surface area contributed by atoms with Crippen LogP contribution in [0.5, 0.6) is 5.75 Å². The van der Waals surface area contributed by atoms with Crippen molar-refractivity contribution in [1.29, 1.82) is 0 Å². The van der Waals surface area contributed by atoms with Crippen LogP contribution in [0.4, 0.5) is 5.69 Å². The highest BCUT2D eigenvalue weighted by atomic mass is 16.5. The lowest BCUT2D eigenvalue weighted by Gasteiger charge is -2.24. The molecular weight excluding hydrogens is 314 g/mol. The van der Waals surface area contributed by atoms with Crippen molar-refractivity contribution in [1.82, 2.24) is 9.97 Å². The fraction of sp³-hybridized carbons (Fsp3) is 0.150. The molecule has 0 saturated carbocycles. The number of ether oxygens (including phenoxy) is 1. The molecule has 1 atom stereocenters. The van der Waals surface area contributed by atoms with E-state index in [-0.39, 0.29) is 11.8 Å². The zero-order chi connectivity index (χ0) is 17.1. The lowest BCUT2D eigenvalue weighted by molar-refractivity contribution is -0.121. The molecule has 1 aliphatic rings. The predicted molar refractivity (Wildman–Crippen MR) is 95.2 cm³/mol. The normalized spacial score (nSPS) is 15.8. The molecule has 0 bridgehead atoms. The molecular formula is C20H17N3O2. The van der Waals surface area contributed by atoms with E-state index in [9.17, 15) is 4.79 Å². The molecule has 0 aliphatic carbocycles. The van der Waals surface area contributed by atoms with E-state index in [1.165, 1.54) is 0 Å². The molecule has 2 aromatic carbocycles. The Balaban J connectivity index is 1.43. The number of fused-ring (bicyclic) bond motifs is 1. The van der Waals surface area contributed by atoms with Gasteiger partial charge in [0, 0.05) is 5.56 Å². The molecule has 124 valence electrons. The molecule has 4 rings (SSSR count). The van der Waals surface area contributed by atoms with Crippen LogP contribution in [-0.4, -0.2) is 22.5 Å². The number of para-hydroxylation sites is 1. The first kappa shape index (κ1) is 15.3. The van der Waals surface area contributed by atoms with E-state index in [2.05, 4.69) is 15.3 Å². The fourth-order valence-corrected chi connectivity index (χ4v) is 2.87. The van der Waals surface area contributed by atoms with Crippen LogP contribution in [0.25, 0.3) is 11.4 Å². The molecule has 25 heavy (non-hydrogen) atoms. The third-order valence-electron chi connectivity index (χ3n) is 4.20. The van der Waals surface area contributed by atoms with E-state index in [0.29, 0.717) is 24.5 Å². The number of rotatable bonds is 3. The molecule has 5 nitrogen and oxygen atoms in total. The number of hydrogen-bond donors (Lipinski definition) is 1. The average molecular weight is 331 g/mol. The summed E-state index contributed by atoms with van der Waals surface area (Å²) >= 11 is 0. The highest BCUT2D eigenvalue weighted by Crippen LogP contribution is 2.27. The van der Waals surface area contributed by atoms with Gasteiger partial charge in [0.25, 0.3) is 0 Å². The van der Waals surface area contributed by atoms with Crippen LogP contribution in [-0.2, 0) is 11.2 Å². The summed E-state index contributed by atoms with van der Waals surface area (Å²) in [6.45, 7) is 0.381. The van der Waals surface area contributed by atoms with Crippen molar-refractivity contribution in [2.24, 2.45) is 5.92 Å². The van der Waals surface area contributed by atoms with Crippen LogP contribution in [0, 0.1) is 5.92 Å². The van der Waals surface area contributed by atoms with Crippen molar-refractivity contribution in [3.63, 3.8) is 0 Å². The summed E-state index contributed by atoms with van der Waals surface area (Å²) in [6, 6.07) is 17.5. The van der Waals surface area contributed by atoms with Gasteiger partial charge < -0.3 is 10.1 Å². The third-order valence-corrected chi connectivity index (χ3v) is 4.20. The van der Waals surface area contributed by atoms with Crippen LogP contribution in [0.1, 0.15) is 5.56 Å². The second kappa shape index (κ2) is 6.73. The number of benzene rings is 2. The maximum atomic E-state index is 12.5. The third kappa shape index (κ3) is 3.35. The Bertz CT molecular complexity index is 879. The molecule has 1 aliphatic heterocycles. The van der Waals surface area contributed by atoms with E-state index in [4.69, 9.17) is 4.74 Å². The zero-order valence-electron chi connectivity index (χ0n) is 13.6. The minimum Gasteiger partial charge on any atom is -0.492 e. The lowest BCUT2D eigenvalue weighted by atomic mass is 9.96. The van der Waals surface area contributed by atoms with Gasteiger partial charge in [0.2, 0.25) is 5.91 Å². The molecule has 2 heterocycles. The minimum absolute atomic E-state index is 0.0782. The number of hydrogen-bond acceptors (Lipinski definition) is 4. The Morgan fingerprint density at radius 2 is 1.72 bits per heavy atom. The van der Waals surface area contributed by atoms with Gasteiger partial charge in [0.05, 0.1) is 24.0 Å². The monoisotopic (exact) mass is 331 g/mol. The molecule has 1 unspecified atom stereocenters. The topological polar surface area (TPSA) is 64.1 Å². The standard InChI is InChI=1S/C20H17N3O2/c24-20(16-10-15-8-4-5-9-18(15)25-13-16)23-17-11-21-19(22-12-17)14-6-2-1-3-7-14/h1-9,11-12,16H,10,13H2,(H,23,24). The van der Waals surface area contributed by atoms with Crippen molar-refractivity contribution in [3.8, 4) is 17.1 Å². The van der Waals surface area contributed by atoms with Crippen molar-refractivity contribution < 1.29 is 9.53 Å². The Kier molecular flexibility index (Phi) is 4.12. The average Bonchev–Trinajstić information content (AvgIpc) is 2.69. The molecule has 1 amide bonds. The first-order valence-corrected chi connectivity index (χ1v) is 8.18. The summed E-state index contributed by atoms with van der Waals surface area (Å²) in [5.41, 5.74) is 2.59. The van der Waals surface area contributed by atoms with Gasteiger partial charge in [-0.2, -0.15) is 0 Å². The van der Waals surface area contributed by atoms with E-state index in [0.717, 1.165) is 16.9 Å². The summed E-state index contributed by atoms with van der Waals surface area (Å²) in [6.07, 6.45) is 3.93. The first-order valence-electron chi connectivity index (χ1n) is 8.18. The van der Waals surface area contributed by atoms with Gasteiger partial charge in [-0.25, -0.2) is 9.97 Å². The molecule has 1 aromatic heterocycles. The van der Waals surface area contributed by atoms with Crippen LogP contribution in [0.3, 0.4) is 0 Å². The molecule has 5 heteroatoms. The van der Waals surface area contributed by atoms with E-state index < -0.39 is 0 Å². The van der Waals surface area contributed by atoms with E-state index in [1.807, 2.05) is 54.6 Å². The van der Waals surface area contributed by atoms with Crippen molar-refractivity contribution in [2.75, 3.05) is 11.9 Å². The number of nitrogens with zero attached hydrogens (tertiary/aromatic N) is 2. The second-order valence-corrected chi connectivity index (χ2v) is 5.97. The van der Waals surface area contributed by atoms with Gasteiger partial charge in [-0.3, -0.25) is 4.79 Å². The number of nitrogens with one attached hydrogen (secondary N) is 1. The number of carbonyl (C=O) groups excluding carboxylic acids is 1. The maximum Gasteiger partial charge on any atom is 0.231 e. The largest absolute Gasteiger partial charge is 0.492 e. The highest BCUT2D eigenvalue weighted by Gasteiger charge is 2.25. The highest BCUT2D eigenvalue weighted by molar-refractivity contribution is 5.92. The number of amides is 1. The summed E-state index contributed by atoms with van der Waals surface area (Å²) in [4.78, 5) is 21.1. The molecule has 0 saturated heterocycles. The lowest BCUT2D eigenvalue weighted by Crippen LogP contribution is -2.32. The van der Waals surface area contributed by atoms with E-state index in [1.54, 1.807) is 12.4 Å². The van der Waals surface area contributed by atoms with Crippen LogP contribution < -0.4 is 10.1 Å². The van der Waals surface area contributed by atoms with Gasteiger partial charge >= 0.3 is 0 Å². The predicted octanol–water partition coefficient (Wildman–Crippen LogP) is 3.33. The summed E-state index contributed by atoms with van der Waals surface area (Å²) in [7, 11) is 0. The van der Waals surface area contributed by atoms with E-state index >= 15 is 0 Å². The van der Waals surface area contributed by atoms with Gasteiger partial charge in [0.15, 0.2) is 5.82 Å². The van der Waals surface area contributed by atoms with Crippen LogP contribution >= 0.6 is 0 Å². The van der Waals surface area contributed by atoms with Gasteiger partial charge in [-0.15, -0.1) is 0 Å². The van der Waals surface area contributed by atoms with Crippen LogP contribution in [0.15, 0.2) is 67.0 Å². The van der Waals surface area contributed by atoms with Crippen molar-refractivity contribution >= 4 is 11.6 Å². The van der Waals surface area contributed by atoms with Crippen LogP contribution in [0.2, 0.25) is 0 Å². The van der Waals surface area contributed by atoms with Crippen molar-refractivity contribution in [3.05, 3.63) is 72.6 Å². The minimum atomic E-state index is -0.219.